The summed E-state index contributed by atoms with van der Waals surface area (Å²) in [5, 5.41) is 2.78. The zero-order valence-electron chi connectivity index (χ0n) is 12.7. The zero-order valence-corrected chi connectivity index (χ0v) is 12.7. The molecule has 0 radical (unpaired) electrons. The fourth-order valence-corrected chi connectivity index (χ4v) is 1.88. The molecule has 1 rings (SSSR count). The van der Waals surface area contributed by atoms with E-state index in [0.29, 0.717) is 18.0 Å². The summed E-state index contributed by atoms with van der Waals surface area (Å²) in [6.45, 7) is 2.89. The molecule has 6 nitrogen and oxygen atoms in total. The number of hydrogen-bond donors (Lipinski definition) is 1. The Hall–Kier alpha value is -2.08. The molecule has 1 aromatic carbocycles. The molecule has 0 spiro atoms. The Kier molecular flexibility index (Phi) is 7.25. The van der Waals surface area contributed by atoms with Crippen molar-refractivity contribution >= 4 is 17.6 Å². The third-order valence-corrected chi connectivity index (χ3v) is 2.84. The van der Waals surface area contributed by atoms with Crippen molar-refractivity contribution in [3.05, 3.63) is 24.3 Å². The zero-order chi connectivity index (χ0) is 15.7. The Morgan fingerprint density at radius 3 is 2.62 bits per heavy atom. The highest BCUT2D eigenvalue weighted by Gasteiger charge is 2.14. The third-order valence-electron chi connectivity index (χ3n) is 2.84. The second kappa shape index (κ2) is 8.97. The Bertz CT molecular complexity index is 476. The average molecular weight is 294 g/mol. The lowest BCUT2D eigenvalue weighted by Gasteiger charge is -2.19. The first-order chi connectivity index (χ1) is 10.1. The fraction of sp³-hybridized carbons (Fsp3) is 0.467. The maximum Gasteiger partial charge on any atom is 0.319 e. The van der Waals surface area contributed by atoms with Crippen LogP contribution in [0.3, 0.4) is 0 Å². The van der Waals surface area contributed by atoms with E-state index in [1.807, 2.05) is 6.92 Å². The molecular weight excluding hydrogens is 272 g/mol. The predicted octanol–water partition coefficient (Wildman–Crippen LogP) is 1.52. The quantitative estimate of drug-likeness (QED) is 0.736. The number of benzene rings is 1. The van der Waals surface area contributed by atoms with Crippen LogP contribution in [0.4, 0.5) is 5.69 Å². The molecule has 0 saturated heterocycles. The van der Waals surface area contributed by atoms with Crippen LogP contribution < -0.4 is 10.1 Å². The summed E-state index contributed by atoms with van der Waals surface area (Å²) in [6, 6.07) is 7.12. The van der Waals surface area contributed by atoms with Crippen molar-refractivity contribution < 1.29 is 19.1 Å². The van der Waals surface area contributed by atoms with Gasteiger partial charge in [0.1, 0.15) is 5.75 Å². The average Bonchev–Trinajstić information content (AvgIpc) is 2.47. The lowest BCUT2D eigenvalue weighted by Crippen LogP contribution is -2.37. The third kappa shape index (κ3) is 6.27. The standard InChI is InChI=1S/C15H22N2O4/c1-4-8-17(11-15(19)21-3)10-14(18)16-12-6-5-7-13(9-12)20-2/h5-7,9H,4,8,10-11H2,1-3H3,(H,16,18). The highest BCUT2D eigenvalue weighted by Crippen LogP contribution is 2.16. The second-order valence-corrected chi connectivity index (χ2v) is 4.57. The van der Waals surface area contributed by atoms with Crippen molar-refractivity contribution in [2.24, 2.45) is 0 Å². The Morgan fingerprint density at radius 2 is 2.00 bits per heavy atom. The Morgan fingerprint density at radius 1 is 1.24 bits per heavy atom. The van der Waals surface area contributed by atoms with Crippen molar-refractivity contribution in [3.63, 3.8) is 0 Å². The number of ether oxygens (including phenoxy) is 2. The normalized spacial score (nSPS) is 10.3. The topological polar surface area (TPSA) is 67.9 Å². The van der Waals surface area contributed by atoms with Crippen molar-refractivity contribution in [1.82, 2.24) is 4.90 Å². The smallest absolute Gasteiger partial charge is 0.319 e. The number of anilines is 1. The number of amides is 1. The Balaban J connectivity index is 2.58. The van der Waals surface area contributed by atoms with Gasteiger partial charge in [0.2, 0.25) is 5.91 Å². The maximum absolute atomic E-state index is 12.0. The molecule has 0 atom stereocenters. The molecule has 6 heteroatoms. The van der Waals surface area contributed by atoms with E-state index < -0.39 is 0 Å². The highest BCUT2D eigenvalue weighted by molar-refractivity contribution is 5.92. The summed E-state index contributed by atoms with van der Waals surface area (Å²) in [4.78, 5) is 25.1. The minimum absolute atomic E-state index is 0.107. The summed E-state index contributed by atoms with van der Waals surface area (Å²) >= 11 is 0. The molecule has 0 aliphatic heterocycles. The SMILES string of the molecule is CCCN(CC(=O)Nc1cccc(OC)c1)CC(=O)OC. The van der Waals surface area contributed by atoms with Crippen molar-refractivity contribution in [2.75, 3.05) is 39.2 Å². The molecule has 0 aliphatic carbocycles. The molecule has 1 aromatic rings. The maximum atomic E-state index is 12.0. The van der Waals surface area contributed by atoms with Gasteiger partial charge in [-0.25, -0.2) is 0 Å². The number of carbonyl (C=O) groups excluding carboxylic acids is 2. The van der Waals surface area contributed by atoms with Crippen LogP contribution in [0.2, 0.25) is 0 Å². The van der Waals surface area contributed by atoms with E-state index in [0.717, 1.165) is 6.42 Å². The summed E-state index contributed by atoms with van der Waals surface area (Å²) < 4.78 is 9.73. The van der Waals surface area contributed by atoms with Gasteiger partial charge < -0.3 is 14.8 Å². The molecule has 0 aromatic heterocycles. The van der Waals surface area contributed by atoms with Crippen LogP contribution >= 0.6 is 0 Å². The summed E-state index contributed by atoms with van der Waals surface area (Å²) in [5.41, 5.74) is 0.661. The van der Waals surface area contributed by atoms with Gasteiger partial charge in [0, 0.05) is 11.8 Å². The summed E-state index contributed by atoms with van der Waals surface area (Å²) in [7, 11) is 2.91. The van der Waals surface area contributed by atoms with E-state index in [2.05, 4.69) is 10.1 Å². The molecule has 1 N–H and O–H groups in total. The summed E-state index contributed by atoms with van der Waals surface area (Å²) in [6.07, 6.45) is 0.851. The van der Waals surface area contributed by atoms with Gasteiger partial charge in [-0.3, -0.25) is 14.5 Å². The molecule has 1 amide bonds. The van der Waals surface area contributed by atoms with E-state index in [9.17, 15) is 9.59 Å². The number of nitrogens with one attached hydrogen (secondary N) is 1. The van der Waals surface area contributed by atoms with E-state index in [1.165, 1.54) is 7.11 Å². The molecule has 0 heterocycles. The van der Waals surface area contributed by atoms with E-state index in [-0.39, 0.29) is 25.0 Å². The number of hydrogen-bond acceptors (Lipinski definition) is 5. The largest absolute Gasteiger partial charge is 0.497 e. The van der Waals surface area contributed by atoms with E-state index in [4.69, 9.17) is 4.74 Å². The lowest BCUT2D eigenvalue weighted by molar-refractivity contribution is -0.142. The number of rotatable bonds is 8. The van der Waals surface area contributed by atoms with Crippen LogP contribution in [-0.4, -0.2) is 50.6 Å². The molecule has 0 unspecified atom stereocenters. The number of esters is 1. The number of nitrogens with zero attached hydrogens (tertiary/aromatic N) is 1. The van der Waals surface area contributed by atoms with Gasteiger partial charge >= 0.3 is 5.97 Å². The van der Waals surface area contributed by atoms with E-state index >= 15 is 0 Å². The Labute approximate surface area is 125 Å². The monoisotopic (exact) mass is 294 g/mol. The molecule has 0 aliphatic rings. The van der Waals surface area contributed by atoms with Crippen LogP contribution in [0.25, 0.3) is 0 Å². The number of carbonyl (C=O) groups is 2. The van der Waals surface area contributed by atoms with Crippen LogP contribution in [0.15, 0.2) is 24.3 Å². The van der Waals surface area contributed by atoms with Crippen molar-refractivity contribution in [3.8, 4) is 5.75 Å². The first kappa shape index (κ1) is 17.0. The summed E-state index contributed by atoms with van der Waals surface area (Å²) in [5.74, 6) is 0.144. The second-order valence-electron chi connectivity index (χ2n) is 4.57. The minimum atomic E-state index is -0.349. The molecule has 116 valence electrons. The van der Waals surface area contributed by atoms with Gasteiger partial charge in [-0.2, -0.15) is 0 Å². The number of methoxy groups -OCH3 is 2. The fourth-order valence-electron chi connectivity index (χ4n) is 1.88. The highest BCUT2D eigenvalue weighted by atomic mass is 16.5. The molecule has 21 heavy (non-hydrogen) atoms. The first-order valence-electron chi connectivity index (χ1n) is 6.82. The van der Waals surface area contributed by atoms with Gasteiger partial charge in [0.05, 0.1) is 27.3 Å². The first-order valence-corrected chi connectivity index (χ1v) is 6.82. The van der Waals surface area contributed by atoms with Crippen LogP contribution in [0.5, 0.6) is 5.75 Å². The molecule has 0 saturated carbocycles. The molecule has 0 fully saturated rings. The molecular formula is C15H22N2O4. The van der Waals surface area contributed by atoms with Crippen molar-refractivity contribution in [1.29, 1.82) is 0 Å². The predicted molar refractivity (Wildman–Crippen MR) is 80.4 cm³/mol. The lowest BCUT2D eigenvalue weighted by atomic mass is 10.3. The van der Waals surface area contributed by atoms with Crippen LogP contribution in [0.1, 0.15) is 13.3 Å². The van der Waals surface area contributed by atoms with Crippen LogP contribution in [0, 0.1) is 0 Å². The molecule has 0 bridgehead atoms. The van der Waals surface area contributed by atoms with Crippen LogP contribution in [-0.2, 0) is 14.3 Å². The van der Waals surface area contributed by atoms with Crippen molar-refractivity contribution in [2.45, 2.75) is 13.3 Å². The van der Waals surface area contributed by atoms with Gasteiger partial charge in [-0.1, -0.05) is 13.0 Å². The van der Waals surface area contributed by atoms with Gasteiger partial charge in [-0.15, -0.1) is 0 Å². The van der Waals surface area contributed by atoms with E-state index in [1.54, 1.807) is 36.3 Å². The van der Waals surface area contributed by atoms with Gasteiger partial charge in [-0.05, 0) is 25.1 Å². The minimum Gasteiger partial charge on any atom is -0.497 e. The van der Waals surface area contributed by atoms with Gasteiger partial charge in [0.25, 0.3) is 0 Å². The van der Waals surface area contributed by atoms with Gasteiger partial charge in [0.15, 0.2) is 0 Å².